The molecule has 3 aromatic rings. The van der Waals surface area contributed by atoms with Crippen molar-refractivity contribution in [2.75, 3.05) is 0 Å². The number of hydrogen-bond donors (Lipinski definition) is 0. The van der Waals surface area contributed by atoms with Crippen LogP contribution in [0.15, 0.2) is 72.8 Å². The molecular weight excluding hydrogens is 341 g/mol. The number of aryl methyl sites for hydroxylation is 1. The van der Waals surface area contributed by atoms with Gasteiger partial charge in [0, 0.05) is 5.56 Å². The fourth-order valence-electron chi connectivity index (χ4n) is 2.54. The summed E-state index contributed by atoms with van der Waals surface area (Å²) in [6.07, 6.45) is 1.56. The summed E-state index contributed by atoms with van der Waals surface area (Å²) in [5, 5.41) is 9.38. The molecule has 0 aliphatic carbocycles. The number of carbonyl (C=O) groups is 1. The zero-order chi connectivity index (χ0) is 19.2. The number of nitrogens with zero attached hydrogens (tertiary/aromatic N) is 1. The first-order valence-corrected chi connectivity index (χ1v) is 8.32. The van der Waals surface area contributed by atoms with Crippen molar-refractivity contribution < 1.29 is 13.9 Å². The molecule has 0 saturated carbocycles. The van der Waals surface area contributed by atoms with Crippen molar-refractivity contribution >= 4 is 17.6 Å². The number of carbonyl (C=O) groups excluding carboxylic acids is 1. The van der Waals surface area contributed by atoms with Gasteiger partial charge in [-0.05, 0) is 48.9 Å². The van der Waals surface area contributed by atoms with Crippen molar-refractivity contribution in [2.45, 2.75) is 6.92 Å². The molecule has 132 valence electrons. The minimum Gasteiger partial charge on any atom is -0.423 e. The number of ether oxygens (including phenoxy) is 1. The largest absolute Gasteiger partial charge is 0.423 e. The lowest BCUT2D eigenvalue weighted by atomic mass is 10.0. The molecule has 0 unspecified atom stereocenters. The van der Waals surface area contributed by atoms with Crippen LogP contribution in [0.2, 0.25) is 0 Å². The number of rotatable bonds is 4. The van der Waals surface area contributed by atoms with Gasteiger partial charge in [0.2, 0.25) is 0 Å². The van der Waals surface area contributed by atoms with Gasteiger partial charge in [0.15, 0.2) is 0 Å². The van der Waals surface area contributed by atoms with Crippen molar-refractivity contribution in [1.82, 2.24) is 0 Å². The van der Waals surface area contributed by atoms with Gasteiger partial charge in [-0.1, -0.05) is 48.0 Å². The second-order valence-electron chi connectivity index (χ2n) is 5.98. The molecule has 0 N–H and O–H groups in total. The minimum absolute atomic E-state index is 0.190. The second-order valence-corrected chi connectivity index (χ2v) is 5.98. The summed E-state index contributed by atoms with van der Waals surface area (Å²) in [7, 11) is 0. The van der Waals surface area contributed by atoms with E-state index in [0.717, 1.165) is 5.56 Å². The molecule has 4 heteroatoms. The van der Waals surface area contributed by atoms with E-state index in [2.05, 4.69) is 0 Å². The van der Waals surface area contributed by atoms with E-state index in [4.69, 9.17) is 4.74 Å². The fraction of sp³-hybridized carbons (Fsp3) is 0.0435. The van der Waals surface area contributed by atoms with E-state index < -0.39 is 11.8 Å². The molecule has 0 aliphatic rings. The number of allylic oxidation sites excluding steroid dienone is 1. The van der Waals surface area contributed by atoms with Crippen molar-refractivity contribution in [2.24, 2.45) is 0 Å². The van der Waals surface area contributed by atoms with Crippen LogP contribution in [0.3, 0.4) is 0 Å². The summed E-state index contributed by atoms with van der Waals surface area (Å²) in [6, 6.07) is 21.9. The number of benzene rings is 3. The number of hydrogen-bond acceptors (Lipinski definition) is 3. The Morgan fingerprint density at radius 1 is 1.04 bits per heavy atom. The van der Waals surface area contributed by atoms with Gasteiger partial charge < -0.3 is 4.74 Å². The monoisotopic (exact) mass is 357 g/mol. The van der Waals surface area contributed by atoms with E-state index >= 15 is 0 Å². The highest BCUT2D eigenvalue weighted by Gasteiger charge is 2.10. The second kappa shape index (κ2) is 8.11. The number of esters is 1. The lowest BCUT2D eigenvalue weighted by Gasteiger charge is -2.06. The van der Waals surface area contributed by atoms with Crippen LogP contribution < -0.4 is 4.74 Å². The van der Waals surface area contributed by atoms with Crippen molar-refractivity contribution in [1.29, 1.82) is 5.26 Å². The molecule has 27 heavy (non-hydrogen) atoms. The summed E-state index contributed by atoms with van der Waals surface area (Å²) < 4.78 is 19.3. The molecule has 0 saturated heterocycles. The summed E-state index contributed by atoms with van der Waals surface area (Å²) in [6.45, 7) is 1.94. The zero-order valence-corrected chi connectivity index (χ0v) is 14.6. The Bertz CT molecular complexity index is 1050. The predicted octanol–water partition coefficient (Wildman–Crippen LogP) is 5.42. The third-order valence-corrected chi connectivity index (χ3v) is 3.95. The highest BCUT2D eigenvalue weighted by molar-refractivity contribution is 5.92. The van der Waals surface area contributed by atoms with Gasteiger partial charge in [0.25, 0.3) is 0 Å². The van der Waals surface area contributed by atoms with E-state index in [-0.39, 0.29) is 11.1 Å². The molecule has 3 nitrogen and oxygen atoms in total. The lowest BCUT2D eigenvalue weighted by Crippen LogP contribution is -2.08. The average Bonchev–Trinajstić information content (AvgIpc) is 2.67. The van der Waals surface area contributed by atoms with Crippen molar-refractivity contribution in [3.8, 4) is 11.8 Å². The first-order valence-electron chi connectivity index (χ1n) is 8.32. The third kappa shape index (κ3) is 4.47. The maximum Gasteiger partial charge on any atom is 0.343 e. The molecule has 3 rings (SSSR count). The first-order chi connectivity index (χ1) is 13.1. The predicted molar refractivity (Wildman–Crippen MR) is 102 cm³/mol. The van der Waals surface area contributed by atoms with E-state index in [1.54, 1.807) is 60.7 Å². The van der Waals surface area contributed by atoms with Crippen molar-refractivity contribution in [3.63, 3.8) is 0 Å². The molecule has 0 aromatic heterocycles. The lowest BCUT2D eigenvalue weighted by molar-refractivity contribution is 0.0735. The van der Waals surface area contributed by atoms with Gasteiger partial charge in [0.05, 0.1) is 17.2 Å². The Morgan fingerprint density at radius 2 is 1.78 bits per heavy atom. The minimum atomic E-state index is -0.467. The third-order valence-electron chi connectivity index (χ3n) is 3.95. The van der Waals surface area contributed by atoms with Crippen LogP contribution in [-0.2, 0) is 0 Å². The van der Waals surface area contributed by atoms with E-state index in [0.29, 0.717) is 16.9 Å². The molecular formula is C23H16FNO2. The number of nitriles is 1. The van der Waals surface area contributed by atoms with Crippen LogP contribution in [0.25, 0.3) is 11.6 Å². The van der Waals surface area contributed by atoms with Crippen LogP contribution >= 0.6 is 0 Å². The zero-order valence-electron chi connectivity index (χ0n) is 14.6. The average molecular weight is 357 g/mol. The fourth-order valence-corrected chi connectivity index (χ4v) is 2.54. The Kier molecular flexibility index (Phi) is 5.44. The normalized spacial score (nSPS) is 10.9. The Labute approximate surface area is 157 Å². The SMILES string of the molecule is Cc1ccc(C(=O)Oc2cccc(/C=C(/C#N)c3ccccc3F)c2)cc1. The van der Waals surface area contributed by atoms with Crippen LogP contribution in [0.4, 0.5) is 4.39 Å². The van der Waals surface area contributed by atoms with Gasteiger partial charge in [0.1, 0.15) is 11.6 Å². The van der Waals surface area contributed by atoms with Crippen LogP contribution in [0, 0.1) is 24.1 Å². The number of halogens is 1. The topological polar surface area (TPSA) is 50.1 Å². The molecule has 0 heterocycles. The molecule has 0 spiro atoms. The molecule has 0 bridgehead atoms. The van der Waals surface area contributed by atoms with Gasteiger partial charge in [-0.25, -0.2) is 9.18 Å². The maximum atomic E-state index is 13.9. The van der Waals surface area contributed by atoms with Crippen LogP contribution in [0.1, 0.15) is 27.0 Å². The van der Waals surface area contributed by atoms with Gasteiger partial charge >= 0.3 is 5.97 Å². The van der Waals surface area contributed by atoms with Gasteiger partial charge in [-0.2, -0.15) is 5.26 Å². The molecule has 0 aliphatic heterocycles. The Morgan fingerprint density at radius 3 is 2.48 bits per heavy atom. The Hall–Kier alpha value is -3.71. The summed E-state index contributed by atoms with van der Waals surface area (Å²) >= 11 is 0. The highest BCUT2D eigenvalue weighted by Crippen LogP contribution is 2.23. The summed E-state index contributed by atoms with van der Waals surface area (Å²) in [4.78, 5) is 12.2. The van der Waals surface area contributed by atoms with Gasteiger partial charge in [-0.3, -0.25) is 0 Å². The van der Waals surface area contributed by atoms with E-state index in [1.165, 1.54) is 6.07 Å². The van der Waals surface area contributed by atoms with E-state index in [1.807, 2.05) is 25.1 Å². The molecule has 3 aromatic carbocycles. The standard InChI is InChI=1S/C23H16FNO2/c1-16-9-11-18(12-10-16)23(26)27-20-6-4-5-17(14-20)13-19(15-25)21-7-2-3-8-22(21)24/h2-14H,1H3/b19-13-. The van der Waals surface area contributed by atoms with Crippen LogP contribution in [0.5, 0.6) is 5.75 Å². The van der Waals surface area contributed by atoms with Crippen LogP contribution in [-0.4, -0.2) is 5.97 Å². The Balaban J connectivity index is 1.85. The van der Waals surface area contributed by atoms with Gasteiger partial charge in [-0.15, -0.1) is 0 Å². The summed E-state index contributed by atoms with van der Waals surface area (Å²) in [5.74, 6) is -0.585. The molecule has 0 radical (unpaired) electrons. The quantitative estimate of drug-likeness (QED) is 0.271. The van der Waals surface area contributed by atoms with Crippen molar-refractivity contribution in [3.05, 3.63) is 101 Å². The molecule has 0 atom stereocenters. The molecule has 0 fully saturated rings. The maximum absolute atomic E-state index is 13.9. The summed E-state index contributed by atoms with van der Waals surface area (Å²) in [5.41, 5.74) is 2.54. The molecule has 0 amide bonds. The van der Waals surface area contributed by atoms with E-state index in [9.17, 15) is 14.4 Å². The first kappa shape index (κ1) is 18.1. The highest BCUT2D eigenvalue weighted by atomic mass is 19.1. The smallest absolute Gasteiger partial charge is 0.343 e.